The van der Waals surface area contributed by atoms with Gasteiger partial charge in [0.25, 0.3) is 0 Å². The minimum atomic E-state index is -0.871. The summed E-state index contributed by atoms with van der Waals surface area (Å²) < 4.78 is 0. The maximum Gasteiger partial charge on any atom is 0.309 e. The first-order valence-electron chi connectivity index (χ1n) is 4.53. The van der Waals surface area contributed by atoms with Gasteiger partial charge < -0.3 is 10.4 Å². The summed E-state index contributed by atoms with van der Waals surface area (Å²) in [4.78, 5) is 21.7. The number of rotatable bonds is 3. The molecule has 1 heterocycles. The van der Waals surface area contributed by atoms with Crippen molar-refractivity contribution in [2.45, 2.75) is 32.7 Å². The average molecular weight is 185 g/mol. The first-order chi connectivity index (χ1) is 6.00. The van der Waals surface area contributed by atoms with Crippen LogP contribution in [-0.2, 0) is 9.59 Å². The maximum absolute atomic E-state index is 11.0. The van der Waals surface area contributed by atoms with E-state index in [1.165, 1.54) is 0 Å². The van der Waals surface area contributed by atoms with Crippen LogP contribution in [0.4, 0.5) is 0 Å². The minimum Gasteiger partial charge on any atom is -0.481 e. The second-order valence-corrected chi connectivity index (χ2v) is 3.95. The third kappa shape index (κ3) is 2.44. The number of carbonyl (C=O) groups excluding carboxylic acids is 1. The zero-order chi connectivity index (χ0) is 10.0. The Kier molecular flexibility index (Phi) is 2.90. The summed E-state index contributed by atoms with van der Waals surface area (Å²) in [6.45, 7) is 4.03. The molecular formula is C9H15NO3. The van der Waals surface area contributed by atoms with E-state index in [1.807, 2.05) is 13.8 Å². The molecule has 1 fully saturated rings. The van der Waals surface area contributed by atoms with E-state index >= 15 is 0 Å². The van der Waals surface area contributed by atoms with Crippen LogP contribution in [0.2, 0.25) is 0 Å². The van der Waals surface area contributed by atoms with Crippen LogP contribution in [0.25, 0.3) is 0 Å². The molecule has 1 saturated heterocycles. The highest BCUT2D eigenvalue weighted by Crippen LogP contribution is 2.22. The fourth-order valence-electron chi connectivity index (χ4n) is 1.70. The number of carboxylic acids is 1. The number of nitrogens with one attached hydrogen (secondary N) is 1. The van der Waals surface area contributed by atoms with Crippen molar-refractivity contribution in [3.8, 4) is 0 Å². The third-order valence-electron chi connectivity index (χ3n) is 2.28. The van der Waals surface area contributed by atoms with Crippen LogP contribution in [0.3, 0.4) is 0 Å². The summed E-state index contributed by atoms with van der Waals surface area (Å²) in [5.74, 6) is -1.14. The molecule has 74 valence electrons. The SMILES string of the molecule is CC(C)CC1NC(=O)CC1C(=O)O. The monoisotopic (exact) mass is 185 g/mol. The van der Waals surface area contributed by atoms with Gasteiger partial charge >= 0.3 is 5.97 Å². The van der Waals surface area contributed by atoms with Gasteiger partial charge in [-0.25, -0.2) is 0 Å². The predicted octanol–water partition coefficient (Wildman–Crippen LogP) is 0.622. The Bertz CT molecular complexity index is 225. The van der Waals surface area contributed by atoms with Gasteiger partial charge in [0.15, 0.2) is 0 Å². The third-order valence-corrected chi connectivity index (χ3v) is 2.28. The van der Waals surface area contributed by atoms with E-state index in [0.29, 0.717) is 5.92 Å². The Morgan fingerprint density at radius 2 is 2.31 bits per heavy atom. The number of hydrogen-bond donors (Lipinski definition) is 2. The Balaban J connectivity index is 2.60. The van der Waals surface area contributed by atoms with Gasteiger partial charge in [0.1, 0.15) is 0 Å². The fourth-order valence-corrected chi connectivity index (χ4v) is 1.70. The van der Waals surface area contributed by atoms with Crippen LogP contribution in [0, 0.1) is 11.8 Å². The second-order valence-electron chi connectivity index (χ2n) is 3.95. The molecule has 1 rings (SSSR count). The van der Waals surface area contributed by atoms with Crippen LogP contribution in [0.1, 0.15) is 26.7 Å². The van der Waals surface area contributed by atoms with Gasteiger partial charge in [-0.1, -0.05) is 13.8 Å². The standard InChI is InChI=1S/C9H15NO3/c1-5(2)3-7-6(9(12)13)4-8(11)10-7/h5-7H,3-4H2,1-2H3,(H,10,11)(H,12,13). The Morgan fingerprint density at radius 1 is 1.69 bits per heavy atom. The van der Waals surface area contributed by atoms with Gasteiger partial charge in [-0.05, 0) is 12.3 Å². The maximum atomic E-state index is 11.0. The molecule has 0 radical (unpaired) electrons. The molecule has 4 nitrogen and oxygen atoms in total. The minimum absolute atomic E-state index is 0.132. The highest BCUT2D eigenvalue weighted by atomic mass is 16.4. The van der Waals surface area contributed by atoms with Crippen molar-refractivity contribution in [1.82, 2.24) is 5.32 Å². The Morgan fingerprint density at radius 3 is 2.77 bits per heavy atom. The topological polar surface area (TPSA) is 66.4 Å². The van der Waals surface area contributed by atoms with Crippen molar-refractivity contribution in [3.05, 3.63) is 0 Å². The number of hydrogen-bond acceptors (Lipinski definition) is 2. The molecule has 2 unspecified atom stereocenters. The molecule has 1 amide bonds. The van der Waals surface area contributed by atoms with Gasteiger partial charge in [-0.3, -0.25) is 9.59 Å². The van der Waals surface area contributed by atoms with E-state index in [1.54, 1.807) is 0 Å². The molecule has 0 bridgehead atoms. The summed E-state index contributed by atoms with van der Waals surface area (Å²) in [5, 5.41) is 11.5. The van der Waals surface area contributed by atoms with E-state index in [9.17, 15) is 9.59 Å². The normalized spacial score (nSPS) is 27.8. The van der Waals surface area contributed by atoms with Crippen molar-refractivity contribution in [2.75, 3.05) is 0 Å². The van der Waals surface area contributed by atoms with Crippen molar-refractivity contribution < 1.29 is 14.7 Å². The lowest BCUT2D eigenvalue weighted by Gasteiger charge is -2.16. The van der Waals surface area contributed by atoms with Crippen molar-refractivity contribution >= 4 is 11.9 Å². The lowest BCUT2D eigenvalue weighted by molar-refractivity contribution is -0.142. The van der Waals surface area contributed by atoms with Crippen LogP contribution in [0.5, 0.6) is 0 Å². The van der Waals surface area contributed by atoms with Crippen molar-refractivity contribution in [2.24, 2.45) is 11.8 Å². The largest absolute Gasteiger partial charge is 0.481 e. The zero-order valence-electron chi connectivity index (χ0n) is 7.91. The molecule has 0 aliphatic carbocycles. The smallest absolute Gasteiger partial charge is 0.309 e. The quantitative estimate of drug-likeness (QED) is 0.677. The molecule has 4 heteroatoms. The molecule has 0 aromatic carbocycles. The summed E-state index contributed by atoms with van der Waals surface area (Å²) in [5.41, 5.74) is 0. The van der Waals surface area contributed by atoms with E-state index in [2.05, 4.69) is 5.32 Å². The lowest BCUT2D eigenvalue weighted by atomic mass is 9.93. The van der Waals surface area contributed by atoms with Crippen LogP contribution in [-0.4, -0.2) is 23.0 Å². The molecule has 0 aromatic rings. The van der Waals surface area contributed by atoms with Gasteiger partial charge in [-0.2, -0.15) is 0 Å². The highest BCUT2D eigenvalue weighted by molar-refractivity contribution is 5.86. The molecule has 2 atom stereocenters. The Labute approximate surface area is 77.3 Å². The summed E-state index contributed by atoms with van der Waals surface area (Å²) >= 11 is 0. The van der Waals surface area contributed by atoms with Crippen LogP contribution >= 0.6 is 0 Å². The van der Waals surface area contributed by atoms with Crippen molar-refractivity contribution in [1.29, 1.82) is 0 Å². The molecule has 2 N–H and O–H groups in total. The highest BCUT2D eigenvalue weighted by Gasteiger charge is 2.37. The van der Waals surface area contributed by atoms with Gasteiger partial charge in [0.2, 0.25) is 5.91 Å². The number of carbonyl (C=O) groups is 2. The van der Waals surface area contributed by atoms with Crippen LogP contribution in [0.15, 0.2) is 0 Å². The first-order valence-corrected chi connectivity index (χ1v) is 4.53. The van der Waals surface area contributed by atoms with E-state index in [0.717, 1.165) is 6.42 Å². The molecule has 0 saturated carbocycles. The van der Waals surface area contributed by atoms with Crippen molar-refractivity contribution in [3.63, 3.8) is 0 Å². The summed E-state index contributed by atoms with van der Waals surface area (Å²) in [7, 11) is 0. The van der Waals surface area contributed by atoms with E-state index in [4.69, 9.17) is 5.11 Å². The lowest BCUT2D eigenvalue weighted by Crippen LogP contribution is -2.33. The Hall–Kier alpha value is -1.06. The molecule has 1 aliphatic rings. The number of aliphatic carboxylic acids is 1. The molecular weight excluding hydrogens is 170 g/mol. The average Bonchev–Trinajstić information content (AvgIpc) is 2.29. The zero-order valence-corrected chi connectivity index (χ0v) is 7.91. The fraction of sp³-hybridized carbons (Fsp3) is 0.778. The van der Waals surface area contributed by atoms with Gasteiger partial charge in [-0.15, -0.1) is 0 Å². The molecule has 13 heavy (non-hydrogen) atoms. The number of carboxylic acid groups (broad SMARTS) is 1. The molecule has 0 aromatic heterocycles. The summed E-state index contributed by atoms with van der Waals surface area (Å²) in [6, 6.07) is -0.176. The molecule has 1 aliphatic heterocycles. The van der Waals surface area contributed by atoms with Crippen LogP contribution < -0.4 is 5.32 Å². The number of amides is 1. The second kappa shape index (κ2) is 3.77. The van der Waals surface area contributed by atoms with E-state index < -0.39 is 11.9 Å². The predicted molar refractivity (Wildman–Crippen MR) is 47.1 cm³/mol. The van der Waals surface area contributed by atoms with E-state index in [-0.39, 0.29) is 18.4 Å². The first kappa shape index (κ1) is 10.0. The summed E-state index contributed by atoms with van der Waals surface area (Å²) in [6.07, 6.45) is 0.870. The van der Waals surface area contributed by atoms with Gasteiger partial charge in [0, 0.05) is 12.5 Å². The molecule has 0 spiro atoms. The van der Waals surface area contributed by atoms with Gasteiger partial charge in [0.05, 0.1) is 5.92 Å².